The highest BCUT2D eigenvalue weighted by Crippen LogP contribution is 2.33. The van der Waals surface area contributed by atoms with Crippen LogP contribution in [0.3, 0.4) is 0 Å². The third-order valence-corrected chi connectivity index (χ3v) is 4.78. The average Bonchev–Trinajstić information content (AvgIpc) is 2.61. The molecule has 0 atom stereocenters. The lowest BCUT2D eigenvalue weighted by Crippen LogP contribution is -1.97. The standard InChI is InChI=1S/C24H22N2/c1-15-5-9-19(10-6-15)23-24(20-11-7-16(2)13-18(20)4)25-21-12-8-17(3)14-22(21)26-23/h5-14H,1-4H3. The molecule has 1 aromatic heterocycles. The van der Waals surface area contributed by atoms with Gasteiger partial charge < -0.3 is 0 Å². The molecule has 0 aliphatic rings. The summed E-state index contributed by atoms with van der Waals surface area (Å²) in [6.45, 7) is 8.45. The van der Waals surface area contributed by atoms with Crippen molar-refractivity contribution in [2.24, 2.45) is 0 Å². The minimum Gasteiger partial charge on any atom is -0.244 e. The molecule has 2 heteroatoms. The molecular formula is C24H22N2. The van der Waals surface area contributed by atoms with Crippen LogP contribution in [0.25, 0.3) is 33.5 Å². The molecule has 26 heavy (non-hydrogen) atoms. The molecule has 0 amide bonds. The predicted octanol–water partition coefficient (Wildman–Crippen LogP) is 6.20. The van der Waals surface area contributed by atoms with Gasteiger partial charge in [0.2, 0.25) is 0 Å². The maximum absolute atomic E-state index is 5.01. The van der Waals surface area contributed by atoms with E-state index in [1.165, 1.54) is 22.3 Å². The van der Waals surface area contributed by atoms with E-state index in [1.54, 1.807) is 0 Å². The van der Waals surface area contributed by atoms with Gasteiger partial charge in [0.15, 0.2) is 0 Å². The van der Waals surface area contributed by atoms with E-state index >= 15 is 0 Å². The Hall–Kier alpha value is -3.00. The maximum Gasteiger partial charge on any atom is 0.0975 e. The molecule has 1 heterocycles. The molecule has 3 aromatic carbocycles. The monoisotopic (exact) mass is 338 g/mol. The van der Waals surface area contributed by atoms with Gasteiger partial charge in [-0.2, -0.15) is 0 Å². The zero-order valence-corrected chi connectivity index (χ0v) is 15.7. The van der Waals surface area contributed by atoms with Gasteiger partial charge in [-0.25, -0.2) is 9.97 Å². The summed E-state index contributed by atoms with van der Waals surface area (Å²) in [6, 6.07) is 21.3. The van der Waals surface area contributed by atoms with Gasteiger partial charge in [-0.05, 0) is 51.0 Å². The molecule has 0 saturated carbocycles. The van der Waals surface area contributed by atoms with Crippen LogP contribution in [-0.4, -0.2) is 9.97 Å². The summed E-state index contributed by atoms with van der Waals surface area (Å²) < 4.78 is 0. The van der Waals surface area contributed by atoms with Crippen LogP contribution in [0.15, 0.2) is 60.7 Å². The molecule has 2 nitrogen and oxygen atoms in total. The fourth-order valence-corrected chi connectivity index (χ4v) is 3.34. The number of aromatic nitrogens is 2. The Kier molecular flexibility index (Phi) is 4.04. The van der Waals surface area contributed by atoms with Crippen LogP contribution in [0.1, 0.15) is 22.3 Å². The number of aryl methyl sites for hydroxylation is 4. The smallest absolute Gasteiger partial charge is 0.0975 e. The topological polar surface area (TPSA) is 25.8 Å². The summed E-state index contributed by atoms with van der Waals surface area (Å²) in [4.78, 5) is 10.0. The third kappa shape index (κ3) is 2.99. The van der Waals surface area contributed by atoms with Crippen molar-refractivity contribution in [1.82, 2.24) is 9.97 Å². The number of benzene rings is 3. The second-order valence-corrected chi connectivity index (χ2v) is 7.10. The summed E-state index contributed by atoms with van der Waals surface area (Å²) in [6.07, 6.45) is 0. The predicted molar refractivity (Wildman–Crippen MR) is 109 cm³/mol. The van der Waals surface area contributed by atoms with E-state index in [0.717, 1.165) is 33.5 Å². The van der Waals surface area contributed by atoms with Crippen LogP contribution in [0.2, 0.25) is 0 Å². The molecule has 0 saturated heterocycles. The van der Waals surface area contributed by atoms with E-state index in [0.29, 0.717) is 0 Å². The Morgan fingerprint density at radius 1 is 0.538 bits per heavy atom. The van der Waals surface area contributed by atoms with Gasteiger partial charge in [-0.15, -0.1) is 0 Å². The Labute approximate surface area is 154 Å². The molecule has 0 unspecified atom stereocenters. The first kappa shape index (κ1) is 16.5. The molecule has 0 aliphatic carbocycles. The van der Waals surface area contributed by atoms with Crippen molar-refractivity contribution in [3.63, 3.8) is 0 Å². The molecule has 0 N–H and O–H groups in total. The van der Waals surface area contributed by atoms with Gasteiger partial charge in [0, 0.05) is 11.1 Å². The molecule has 128 valence electrons. The van der Waals surface area contributed by atoms with Gasteiger partial charge in [-0.1, -0.05) is 59.7 Å². The lowest BCUT2D eigenvalue weighted by molar-refractivity contribution is 1.26. The number of fused-ring (bicyclic) bond motifs is 1. The first-order valence-corrected chi connectivity index (χ1v) is 8.94. The van der Waals surface area contributed by atoms with Crippen LogP contribution in [0.4, 0.5) is 0 Å². The van der Waals surface area contributed by atoms with Crippen molar-refractivity contribution in [2.45, 2.75) is 27.7 Å². The Bertz CT molecular complexity index is 1110. The maximum atomic E-state index is 5.01. The van der Waals surface area contributed by atoms with Crippen LogP contribution < -0.4 is 0 Å². The molecule has 0 fully saturated rings. The second kappa shape index (κ2) is 6.38. The average molecular weight is 338 g/mol. The lowest BCUT2D eigenvalue weighted by Gasteiger charge is -2.13. The van der Waals surface area contributed by atoms with E-state index in [1.807, 2.05) is 0 Å². The minimum atomic E-state index is 0.932. The van der Waals surface area contributed by atoms with Crippen LogP contribution in [-0.2, 0) is 0 Å². The number of hydrogen-bond acceptors (Lipinski definition) is 2. The van der Waals surface area contributed by atoms with E-state index in [4.69, 9.17) is 9.97 Å². The fraction of sp³-hybridized carbons (Fsp3) is 0.167. The summed E-state index contributed by atoms with van der Waals surface area (Å²) >= 11 is 0. The summed E-state index contributed by atoms with van der Waals surface area (Å²) in [5.41, 5.74) is 10.9. The normalized spacial score (nSPS) is 11.1. The number of rotatable bonds is 2. The summed E-state index contributed by atoms with van der Waals surface area (Å²) in [7, 11) is 0. The van der Waals surface area contributed by atoms with Crippen molar-refractivity contribution < 1.29 is 0 Å². The molecule has 0 spiro atoms. The fourth-order valence-electron chi connectivity index (χ4n) is 3.34. The van der Waals surface area contributed by atoms with Gasteiger partial charge in [0.05, 0.1) is 22.4 Å². The minimum absolute atomic E-state index is 0.932. The van der Waals surface area contributed by atoms with Gasteiger partial charge >= 0.3 is 0 Å². The summed E-state index contributed by atoms with van der Waals surface area (Å²) in [5, 5.41) is 0. The quantitative estimate of drug-likeness (QED) is 0.435. The van der Waals surface area contributed by atoms with Crippen molar-refractivity contribution in [2.75, 3.05) is 0 Å². The van der Waals surface area contributed by atoms with E-state index in [-0.39, 0.29) is 0 Å². The van der Waals surface area contributed by atoms with E-state index < -0.39 is 0 Å². The van der Waals surface area contributed by atoms with Gasteiger partial charge in [0.1, 0.15) is 0 Å². The first-order valence-electron chi connectivity index (χ1n) is 8.94. The molecule has 0 aliphatic heterocycles. The zero-order chi connectivity index (χ0) is 18.3. The highest BCUT2D eigenvalue weighted by molar-refractivity contribution is 5.87. The van der Waals surface area contributed by atoms with Crippen molar-refractivity contribution >= 4 is 11.0 Å². The Morgan fingerprint density at radius 2 is 1.15 bits per heavy atom. The Morgan fingerprint density at radius 3 is 1.88 bits per heavy atom. The number of hydrogen-bond donors (Lipinski definition) is 0. The summed E-state index contributed by atoms with van der Waals surface area (Å²) in [5.74, 6) is 0. The first-order chi connectivity index (χ1) is 12.5. The second-order valence-electron chi connectivity index (χ2n) is 7.10. The molecule has 0 radical (unpaired) electrons. The highest BCUT2D eigenvalue weighted by Gasteiger charge is 2.15. The lowest BCUT2D eigenvalue weighted by atomic mass is 9.98. The largest absolute Gasteiger partial charge is 0.244 e. The Balaban J connectivity index is 2.04. The van der Waals surface area contributed by atoms with Crippen LogP contribution >= 0.6 is 0 Å². The van der Waals surface area contributed by atoms with Crippen molar-refractivity contribution in [1.29, 1.82) is 0 Å². The van der Waals surface area contributed by atoms with Crippen molar-refractivity contribution in [3.05, 3.63) is 82.9 Å². The number of nitrogens with zero attached hydrogens (tertiary/aromatic N) is 2. The molecule has 0 bridgehead atoms. The SMILES string of the molecule is Cc1ccc(-c2nc3cc(C)ccc3nc2-c2ccc(C)cc2C)cc1. The molecule has 4 rings (SSSR count). The zero-order valence-electron chi connectivity index (χ0n) is 15.7. The molecular weight excluding hydrogens is 316 g/mol. The highest BCUT2D eigenvalue weighted by atomic mass is 14.8. The van der Waals surface area contributed by atoms with Crippen molar-refractivity contribution in [3.8, 4) is 22.5 Å². The van der Waals surface area contributed by atoms with Crippen LogP contribution in [0, 0.1) is 27.7 Å². The third-order valence-electron chi connectivity index (χ3n) is 4.78. The van der Waals surface area contributed by atoms with Gasteiger partial charge in [-0.3, -0.25) is 0 Å². The van der Waals surface area contributed by atoms with Crippen LogP contribution in [0.5, 0.6) is 0 Å². The van der Waals surface area contributed by atoms with Gasteiger partial charge in [0.25, 0.3) is 0 Å². The molecule has 4 aromatic rings. The van der Waals surface area contributed by atoms with E-state index in [2.05, 4.69) is 88.4 Å². The van der Waals surface area contributed by atoms with E-state index in [9.17, 15) is 0 Å².